The molecular weight excluding hydrogens is 131 g/mol. The van der Waals surface area contributed by atoms with Crippen LogP contribution >= 0.6 is 0 Å². The molecule has 1 atom stereocenters. The Bertz CT molecular complexity index is 73.7. The maximum absolute atomic E-state index is 11.6. The molecule has 0 saturated carbocycles. The largest absolute Gasteiger partial charge is 0.376 e. The predicted molar refractivity (Wildman–Crippen MR) is 40.8 cm³/mol. The van der Waals surface area contributed by atoms with Crippen LogP contribution in [0.2, 0.25) is 0 Å². The number of alkyl halides is 1. The first kappa shape index (κ1) is 9.89. The van der Waals surface area contributed by atoms with E-state index in [2.05, 4.69) is 13.8 Å². The number of hydrogen-bond acceptors (Lipinski definition) is 1. The van der Waals surface area contributed by atoms with Gasteiger partial charge in [0.05, 0.1) is 12.7 Å². The van der Waals surface area contributed by atoms with E-state index in [0.29, 0.717) is 5.92 Å². The molecule has 0 heterocycles. The monoisotopic (exact) mass is 148 g/mol. The molecular formula is C8H17FO. The van der Waals surface area contributed by atoms with Crippen molar-refractivity contribution in [2.75, 3.05) is 13.3 Å². The summed E-state index contributed by atoms with van der Waals surface area (Å²) in [5.74, 6) is 0.634. The lowest BCUT2D eigenvalue weighted by molar-refractivity contribution is 0.0434. The van der Waals surface area contributed by atoms with Crippen molar-refractivity contribution in [1.82, 2.24) is 0 Å². The van der Waals surface area contributed by atoms with E-state index in [1.807, 2.05) is 6.92 Å². The van der Waals surface area contributed by atoms with Gasteiger partial charge in [0.2, 0.25) is 0 Å². The summed E-state index contributed by atoms with van der Waals surface area (Å²) >= 11 is 0. The smallest absolute Gasteiger partial charge is 0.113 e. The molecule has 0 rings (SSSR count). The summed E-state index contributed by atoms with van der Waals surface area (Å²) in [5.41, 5.74) is 0. The normalized spacial score (nSPS) is 14.1. The van der Waals surface area contributed by atoms with Gasteiger partial charge in [0, 0.05) is 0 Å². The Labute approximate surface area is 62.6 Å². The van der Waals surface area contributed by atoms with Crippen molar-refractivity contribution in [3.05, 3.63) is 0 Å². The average Bonchev–Trinajstić information content (AvgIpc) is 1.82. The summed E-state index contributed by atoms with van der Waals surface area (Å²) < 4.78 is 16.7. The van der Waals surface area contributed by atoms with Crippen LogP contribution < -0.4 is 0 Å². The molecule has 0 aliphatic heterocycles. The molecule has 0 bridgehead atoms. The van der Waals surface area contributed by atoms with Gasteiger partial charge in [0.15, 0.2) is 0 Å². The van der Waals surface area contributed by atoms with Crippen molar-refractivity contribution < 1.29 is 9.13 Å². The zero-order valence-electron chi connectivity index (χ0n) is 7.06. The fraction of sp³-hybridized carbons (Fsp3) is 1.00. The van der Waals surface area contributed by atoms with Crippen molar-refractivity contribution in [3.8, 4) is 0 Å². The van der Waals surface area contributed by atoms with Gasteiger partial charge in [-0.3, -0.25) is 0 Å². The van der Waals surface area contributed by atoms with E-state index in [9.17, 15) is 4.39 Å². The van der Waals surface area contributed by atoms with Crippen molar-refractivity contribution in [2.45, 2.75) is 33.3 Å². The molecule has 0 spiro atoms. The van der Waals surface area contributed by atoms with E-state index >= 15 is 0 Å². The van der Waals surface area contributed by atoms with Crippen molar-refractivity contribution in [2.24, 2.45) is 5.92 Å². The fourth-order valence-corrected chi connectivity index (χ4v) is 0.978. The summed E-state index contributed by atoms with van der Waals surface area (Å²) in [6.07, 6.45) is 1.22. The van der Waals surface area contributed by atoms with Gasteiger partial charge < -0.3 is 4.74 Å². The highest BCUT2D eigenvalue weighted by Crippen LogP contribution is 2.06. The Morgan fingerprint density at radius 2 is 1.90 bits per heavy atom. The van der Waals surface area contributed by atoms with Crippen molar-refractivity contribution >= 4 is 0 Å². The molecule has 0 radical (unpaired) electrons. The zero-order chi connectivity index (χ0) is 7.98. The lowest BCUT2D eigenvalue weighted by Crippen LogP contribution is -2.12. The van der Waals surface area contributed by atoms with Crippen LogP contribution in [0.25, 0.3) is 0 Å². The van der Waals surface area contributed by atoms with E-state index in [1.54, 1.807) is 0 Å². The minimum atomic E-state index is -0.373. The van der Waals surface area contributed by atoms with Crippen LogP contribution in [0.5, 0.6) is 0 Å². The number of halogens is 1. The third kappa shape index (κ3) is 6.02. The SMILES string of the molecule is CC(C)CC(C)OCCF. The van der Waals surface area contributed by atoms with Crippen LogP contribution in [0, 0.1) is 5.92 Å². The molecule has 0 aromatic rings. The van der Waals surface area contributed by atoms with Crippen LogP contribution in [0.15, 0.2) is 0 Å². The number of ether oxygens (including phenoxy) is 1. The lowest BCUT2D eigenvalue weighted by Gasteiger charge is -2.13. The van der Waals surface area contributed by atoms with Gasteiger partial charge in [-0.1, -0.05) is 13.8 Å². The number of rotatable bonds is 5. The molecule has 0 N–H and O–H groups in total. The van der Waals surface area contributed by atoms with Crippen LogP contribution in [0.3, 0.4) is 0 Å². The van der Waals surface area contributed by atoms with Gasteiger partial charge in [-0.05, 0) is 19.3 Å². The number of hydrogen-bond donors (Lipinski definition) is 0. The van der Waals surface area contributed by atoms with Crippen LogP contribution in [0.1, 0.15) is 27.2 Å². The second-order valence-corrected chi connectivity index (χ2v) is 3.00. The molecule has 0 amide bonds. The molecule has 1 unspecified atom stereocenters. The molecule has 0 fully saturated rings. The average molecular weight is 148 g/mol. The van der Waals surface area contributed by atoms with Gasteiger partial charge in [0.25, 0.3) is 0 Å². The quantitative estimate of drug-likeness (QED) is 0.581. The van der Waals surface area contributed by atoms with E-state index in [4.69, 9.17) is 4.74 Å². The molecule has 0 saturated heterocycles. The fourth-order valence-electron chi connectivity index (χ4n) is 0.978. The lowest BCUT2D eigenvalue weighted by atomic mass is 10.1. The molecule has 0 aromatic heterocycles. The molecule has 62 valence electrons. The highest BCUT2D eigenvalue weighted by Gasteiger charge is 2.03. The molecule has 0 aliphatic rings. The maximum atomic E-state index is 11.6. The van der Waals surface area contributed by atoms with Gasteiger partial charge in [-0.2, -0.15) is 0 Å². The third-order valence-corrected chi connectivity index (χ3v) is 1.28. The standard InChI is InChI=1S/C8H17FO/c1-7(2)6-8(3)10-5-4-9/h7-8H,4-6H2,1-3H3. The third-order valence-electron chi connectivity index (χ3n) is 1.28. The van der Waals surface area contributed by atoms with Crippen molar-refractivity contribution in [1.29, 1.82) is 0 Å². The minimum Gasteiger partial charge on any atom is -0.376 e. The highest BCUT2D eigenvalue weighted by molar-refractivity contribution is 4.53. The van der Waals surface area contributed by atoms with Crippen LogP contribution in [-0.4, -0.2) is 19.4 Å². The Hall–Kier alpha value is -0.110. The second-order valence-electron chi connectivity index (χ2n) is 3.00. The highest BCUT2D eigenvalue weighted by atomic mass is 19.1. The first-order valence-corrected chi connectivity index (χ1v) is 3.84. The van der Waals surface area contributed by atoms with Gasteiger partial charge in [-0.25, -0.2) is 4.39 Å². The molecule has 0 aliphatic carbocycles. The minimum absolute atomic E-state index is 0.204. The zero-order valence-corrected chi connectivity index (χ0v) is 7.06. The predicted octanol–water partition coefficient (Wildman–Crippen LogP) is 2.41. The second kappa shape index (κ2) is 5.66. The Balaban J connectivity index is 3.16. The maximum Gasteiger partial charge on any atom is 0.113 e. The topological polar surface area (TPSA) is 9.23 Å². The Morgan fingerprint density at radius 1 is 1.30 bits per heavy atom. The van der Waals surface area contributed by atoms with E-state index in [0.717, 1.165) is 6.42 Å². The van der Waals surface area contributed by atoms with E-state index < -0.39 is 0 Å². The van der Waals surface area contributed by atoms with Gasteiger partial charge in [0.1, 0.15) is 6.67 Å². The first-order valence-electron chi connectivity index (χ1n) is 3.84. The van der Waals surface area contributed by atoms with E-state index in [-0.39, 0.29) is 19.4 Å². The summed E-state index contributed by atoms with van der Waals surface area (Å²) in [7, 11) is 0. The Kier molecular flexibility index (Phi) is 5.60. The summed E-state index contributed by atoms with van der Waals surface area (Å²) in [6, 6.07) is 0. The molecule has 2 heteroatoms. The molecule has 0 aromatic carbocycles. The van der Waals surface area contributed by atoms with Crippen molar-refractivity contribution in [3.63, 3.8) is 0 Å². The van der Waals surface area contributed by atoms with Gasteiger partial charge >= 0.3 is 0 Å². The molecule has 10 heavy (non-hydrogen) atoms. The first-order chi connectivity index (χ1) is 4.66. The molecule has 1 nitrogen and oxygen atoms in total. The van der Waals surface area contributed by atoms with Crippen LogP contribution in [0.4, 0.5) is 4.39 Å². The van der Waals surface area contributed by atoms with E-state index in [1.165, 1.54) is 0 Å². The summed E-state index contributed by atoms with van der Waals surface area (Å²) in [6.45, 7) is 6.12. The summed E-state index contributed by atoms with van der Waals surface area (Å²) in [5, 5.41) is 0. The van der Waals surface area contributed by atoms with Gasteiger partial charge in [-0.15, -0.1) is 0 Å². The summed E-state index contributed by atoms with van der Waals surface area (Å²) in [4.78, 5) is 0. The van der Waals surface area contributed by atoms with Crippen LogP contribution in [-0.2, 0) is 4.74 Å². The Morgan fingerprint density at radius 3 is 2.30 bits per heavy atom.